The first-order valence-corrected chi connectivity index (χ1v) is 9.70. The van der Waals surface area contributed by atoms with Gasteiger partial charge in [0.25, 0.3) is 5.91 Å². The van der Waals surface area contributed by atoms with Crippen molar-refractivity contribution in [2.24, 2.45) is 0 Å². The lowest BCUT2D eigenvalue weighted by atomic mass is 9.88. The van der Waals surface area contributed by atoms with Gasteiger partial charge in [-0.25, -0.2) is 0 Å². The molecule has 4 nitrogen and oxygen atoms in total. The second-order valence-electron chi connectivity index (χ2n) is 7.19. The number of amides is 1. The molecule has 0 spiro atoms. The minimum Gasteiger partial charge on any atom is -0.455 e. The van der Waals surface area contributed by atoms with Crippen molar-refractivity contribution >= 4 is 22.6 Å². The van der Waals surface area contributed by atoms with Crippen molar-refractivity contribution in [2.45, 2.75) is 31.7 Å². The molecular weight excluding hydrogens is 350 g/mol. The van der Waals surface area contributed by atoms with Gasteiger partial charge in [0, 0.05) is 0 Å². The molecule has 3 aromatic rings. The number of aryl methyl sites for hydroxylation is 1. The third kappa shape index (κ3) is 4.06. The molecule has 1 atom stereocenters. The zero-order valence-corrected chi connectivity index (χ0v) is 15.7. The van der Waals surface area contributed by atoms with Crippen LogP contribution in [-0.4, -0.2) is 18.5 Å². The van der Waals surface area contributed by atoms with Gasteiger partial charge >= 0.3 is 5.97 Å². The van der Waals surface area contributed by atoms with Gasteiger partial charge in [0.15, 0.2) is 6.61 Å². The Morgan fingerprint density at radius 3 is 2.68 bits per heavy atom. The average molecular weight is 373 g/mol. The summed E-state index contributed by atoms with van der Waals surface area (Å²) in [5, 5.41) is 5.13. The summed E-state index contributed by atoms with van der Waals surface area (Å²) in [7, 11) is 0. The molecule has 142 valence electrons. The minimum atomic E-state index is -0.393. The summed E-state index contributed by atoms with van der Waals surface area (Å²) in [5.41, 5.74) is 3.36. The summed E-state index contributed by atoms with van der Waals surface area (Å²) >= 11 is 0. The van der Waals surface area contributed by atoms with Crippen LogP contribution >= 0.6 is 0 Å². The van der Waals surface area contributed by atoms with E-state index in [9.17, 15) is 9.59 Å². The Kier molecular flexibility index (Phi) is 5.38. The van der Waals surface area contributed by atoms with Crippen molar-refractivity contribution in [1.82, 2.24) is 5.32 Å². The fraction of sp³-hybridized carbons (Fsp3) is 0.250. The Labute approximate surface area is 164 Å². The van der Waals surface area contributed by atoms with Gasteiger partial charge in [-0.2, -0.15) is 0 Å². The van der Waals surface area contributed by atoms with Crippen LogP contribution in [0.5, 0.6) is 0 Å². The van der Waals surface area contributed by atoms with E-state index in [0.29, 0.717) is 0 Å². The van der Waals surface area contributed by atoms with Crippen LogP contribution in [0.25, 0.3) is 10.8 Å². The van der Waals surface area contributed by atoms with E-state index in [1.807, 2.05) is 54.6 Å². The molecule has 28 heavy (non-hydrogen) atoms. The first kappa shape index (κ1) is 18.2. The molecule has 0 fully saturated rings. The smallest absolute Gasteiger partial charge is 0.310 e. The average Bonchev–Trinajstić information content (AvgIpc) is 2.73. The first-order chi connectivity index (χ1) is 13.7. The quantitative estimate of drug-likeness (QED) is 0.685. The summed E-state index contributed by atoms with van der Waals surface area (Å²) in [4.78, 5) is 24.6. The zero-order chi connectivity index (χ0) is 19.3. The SMILES string of the molecule is O=C(COC(=O)Cc1cccc2ccccc12)N[C@@H]1CCCc2ccccc21. The molecule has 1 amide bonds. The largest absolute Gasteiger partial charge is 0.455 e. The van der Waals surface area contributed by atoms with Crippen molar-refractivity contribution in [1.29, 1.82) is 0 Å². The number of ether oxygens (including phenoxy) is 1. The lowest BCUT2D eigenvalue weighted by Gasteiger charge is -2.26. The third-order valence-electron chi connectivity index (χ3n) is 5.28. The number of fused-ring (bicyclic) bond motifs is 2. The van der Waals surface area contributed by atoms with Gasteiger partial charge in [-0.05, 0) is 46.7 Å². The van der Waals surface area contributed by atoms with Gasteiger partial charge in [0.1, 0.15) is 0 Å². The Morgan fingerprint density at radius 1 is 0.964 bits per heavy atom. The molecule has 1 N–H and O–H groups in total. The Balaban J connectivity index is 1.33. The molecule has 0 aromatic heterocycles. The number of rotatable bonds is 5. The lowest BCUT2D eigenvalue weighted by Crippen LogP contribution is -2.34. The van der Waals surface area contributed by atoms with Gasteiger partial charge in [-0.1, -0.05) is 66.7 Å². The molecular formula is C24H23NO3. The second-order valence-corrected chi connectivity index (χ2v) is 7.19. The fourth-order valence-corrected chi connectivity index (χ4v) is 3.94. The molecule has 0 radical (unpaired) electrons. The normalized spacial score (nSPS) is 15.6. The number of esters is 1. The molecule has 0 heterocycles. The van der Waals surface area contributed by atoms with Crippen LogP contribution in [0, 0.1) is 0 Å². The van der Waals surface area contributed by atoms with Crippen molar-refractivity contribution in [2.75, 3.05) is 6.61 Å². The van der Waals surface area contributed by atoms with Gasteiger partial charge in [-0.3, -0.25) is 9.59 Å². The van der Waals surface area contributed by atoms with Crippen LogP contribution in [-0.2, 0) is 27.2 Å². The highest BCUT2D eigenvalue weighted by molar-refractivity contribution is 5.89. The third-order valence-corrected chi connectivity index (χ3v) is 5.28. The molecule has 0 unspecified atom stereocenters. The molecule has 0 saturated carbocycles. The van der Waals surface area contributed by atoms with Crippen LogP contribution in [0.2, 0.25) is 0 Å². The van der Waals surface area contributed by atoms with Crippen LogP contribution in [0.15, 0.2) is 66.7 Å². The minimum absolute atomic E-state index is 0.00535. The van der Waals surface area contributed by atoms with E-state index in [1.165, 1.54) is 11.1 Å². The van der Waals surface area contributed by atoms with E-state index in [1.54, 1.807) is 0 Å². The molecule has 4 rings (SSSR count). The summed E-state index contributed by atoms with van der Waals surface area (Å²) in [6, 6.07) is 22.0. The summed E-state index contributed by atoms with van der Waals surface area (Å²) in [5.74, 6) is -0.650. The van der Waals surface area contributed by atoms with E-state index in [4.69, 9.17) is 4.74 Å². The van der Waals surface area contributed by atoms with Gasteiger partial charge in [-0.15, -0.1) is 0 Å². The van der Waals surface area contributed by atoms with Crippen molar-refractivity contribution in [3.05, 3.63) is 83.4 Å². The lowest BCUT2D eigenvalue weighted by molar-refractivity contribution is -0.148. The Morgan fingerprint density at radius 2 is 1.75 bits per heavy atom. The van der Waals surface area contributed by atoms with Crippen LogP contribution in [0.4, 0.5) is 0 Å². The highest BCUT2D eigenvalue weighted by Crippen LogP contribution is 2.29. The van der Waals surface area contributed by atoms with Crippen molar-refractivity contribution in [3.63, 3.8) is 0 Å². The number of carbonyl (C=O) groups excluding carboxylic acids is 2. The van der Waals surface area contributed by atoms with Gasteiger partial charge in [0.05, 0.1) is 12.5 Å². The highest BCUT2D eigenvalue weighted by Gasteiger charge is 2.21. The van der Waals surface area contributed by atoms with E-state index < -0.39 is 5.97 Å². The molecule has 0 bridgehead atoms. The molecule has 1 aliphatic rings. The topological polar surface area (TPSA) is 55.4 Å². The molecule has 4 heteroatoms. The number of benzene rings is 3. The number of carbonyl (C=O) groups is 2. The number of hydrogen-bond donors (Lipinski definition) is 1. The van der Waals surface area contributed by atoms with E-state index in [2.05, 4.69) is 17.4 Å². The van der Waals surface area contributed by atoms with Crippen LogP contribution < -0.4 is 5.32 Å². The van der Waals surface area contributed by atoms with E-state index >= 15 is 0 Å². The molecule has 1 aliphatic carbocycles. The van der Waals surface area contributed by atoms with E-state index in [0.717, 1.165) is 35.6 Å². The number of nitrogens with one attached hydrogen (secondary N) is 1. The van der Waals surface area contributed by atoms with Gasteiger partial charge in [0.2, 0.25) is 0 Å². The Bertz CT molecular complexity index is 1010. The van der Waals surface area contributed by atoms with E-state index in [-0.39, 0.29) is 25.0 Å². The highest BCUT2D eigenvalue weighted by atomic mass is 16.5. The predicted octanol–water partition coefficient (Wildman–Crippen LogP) is 4.12. The summed E-state index contributed by atoms with van der Waals surface area (Å²) < 4.78 is 5.24. The van der Waals surface area contributed by atoms with Crippen molar-refractivity contribution < 1.29 is 14.3 Å². The van der Waals surface area contributed by atoms with Crippen LogP contribution in [0.1, 0.15) is 35.6 Å². The predicted molar refractivity (Wildman–Crippen MR) is 109 cm³/mol. The Hall–Kier alpha value is -3.14. The van der Waals surface area contributed by atoms with Gasteiger partial charge < -0.3 is 10.1 Å². The summed E-state index contributed by atoms with van der Waals surface area (Å²) in [6.45, 7) is -0.248. The van der Waals surface area contributed by atoms with Crippen LogP contribution in [0.3, 0.4) is 0 Å². The fourth-order valence-electron chi connectivity index (χ4n) is 3.94. The second kappa shape index (κ2) is 8.26. The maximum absolute atomic E-state index is 12.3. The number of hydrogen-bond acceptors (Lipinski definition) is 3. The molecule has 0 saturated heterocycles. The van der Waals surface area contributed by atoms with Crippen molar-refractivity contribution in [3.8, 4) is 0 Å². The first-order valence-electron chi connectivity index (χ1n) is 9.70. The maximum Gasteiger partial charge on any atom is 0.310 e. The molecule has 3 aromatic carbocycles. The summed E-state index contributed by atoms with van der Waals surface area (Å²) in [6.07, 6.45) is 3.15. The monoisotopic (exact) mass is 373 g/mol. The standard InChI is InChI=1S/C24H23NO3/c26-23(25-22-14-6-10-18-8-2-4-13-21(18)22)16-28-24(27)15-19-11-5-9-17-7-1-3-12-20(17)19/h1-5,7-9,11-13,22H,6,10,14-16H2,(H,25,26)/t22-/m1/s1. The maximum atomic E-state index is 12.3. The molecule has 0 aliphatic heterocycles. The zero-order valence-electron chi connectivity index (χ0n) is 15.7.